The fourth-order valence-corrected chi connectivity index (χ4v) is 3.22. The molecular weight excluding hydrogens is 251 g/mol. The van der Waals surface area contributed by atoms with E-state index in [2.05, 4.69) is 17.1 Å². The summed E-state index contributed by atoms with van der Waals surface area (Å²) < 4.78 is 13.7. The third-order valence-electron chi connectivity index (χ3n) is 4.32. The first-order valence-electron chi connectivity index (χ1n) is 6.45. The quantitative estimate of drug-likeness (QED) is 0.888. The molecule has 0 saturated carbocycles. The Labute approximate surface area is 114 Å². The van der Waals surface area contributed by atoms with Gasteiger partial charge in [-0.1, -0.05) is 18.2 Å². The zero-order valence-corrected chi connectivity index (χ0v) is 11.4. The lowest BCUT2D eigenvalue weighted by atomic mass is 10.0. The summed E-state index contributed by atoms with van der Waals surface area (Å²) in [6.07, 6.45) is 0. The van der Waals surface area contributed by atoms with Crippen molar-refractivity contribution < 1.29 is 4.39 Å². The van der Waals surface area contributed by atoms with Gasteiger partial charge in [0.25, 0.3) is 0 Å². The molecule has 1 N–H and O–H groups in total. The molecule has 1 aromatic carbocycles. The normalized spacial score (nSPS) is 28.8. The molecule has 2 aliphatic heterocycles. The van der Waals surface area contributed by atoms with Crippen LogP contribution in [0.1, 0.15) is 18.5 Å². The summed E-state index contributed by atoms with van der Waals surface area (Å²) in [6.45, 7) is 6.59. The van der Waals surface area contributed by atoms with E-state index in [0.29, 0.717) is 0 Å². The van der Waals surface area contributed by atoms with E-state index in [4.69, 9.17) is 0 Å². The van der Waals surface area contributed by atoms with Gasteiger partial charge in [-0.15, -0.1) is 12.4 Å². The van der Waals surface area contributed by atoms with Crippen LogP contribution >= 0.6 is 12.4 Å². The number of rotatable bonds is 2. The van der Waals surface area contributed by atoms with E-state index < -0.39 is 0 Å². The molecule has 1 aromatic rings. The van der Waals surface area contributed by atoms with E-state index in [1.807, 2.05) is 12.1 Å². The molecule has 2 nitrogen and oxygen atoms in total. The van der Waals surface area contributed by atoms with Gasteiger partial charge in [-0.2, -0.15) is 0 Å². The summed E-state index contributed by atoms with van der Waals surface area (Å²) in [4.78, 5) is 2.43. The first-order chi connectivity index (χ1) is 8.25. The van der Waals surface area contributed by atoms with Gasteiger partial charge in [-0.25, -0.2) is 4.39 Å². The van der Waals surface area contributed by atoms with Crippen LogP contribution in [0.3, 0.4) is 0 Å². The van der Waals surface area contributed by atoms with Crippen LogP contribution in [0.15, 0.2) is 24.3 Å². The van der Waals surface area contributed by atoms with E-state index in [-0.39, 0.29) is 24.3 Å². The molecule has 0 spiro atoms. The van der Waals surface area contributed by atoms with Crippen LogP contribution < -0.4 is 5.32 Å². The largest absolute Gasteiger partial charge is 0.316 e. The van der Waals surface area contributed by atoms with Crippen molar-refractivity contribution in [1.29, 1.82) is 0 Å². The maximum Gasteiger partial charge on any atom is 0.127 e. The molecule has 0 radical (unpaired) electrons. The number of benzene rings is 1. The summed E-state index contributed by atoms with van der Waals surface area (Å²) in [6, 6.07) is 7.35. The molecule has 0 aromatic heterocycles. The van der Waals surface area contributed by atoms with Gasteiger partial charge < -0.3 is 5.32 Å². The first kappa shape index (κ1) is 13.8. The lowest BCUT2D eigenvalue weighted by Crippen LogP contribution is -2.29. The minimum Gasteiger partial charge on any atom is -0.316 e. The number of hydrogen-bond donors (Lipinski definition) is 1. The van der Waals surface area contributed by atoms with Crippen LogP contribution in [-0.4, -0.2) is 31.1 Å². The Balaban J connectivity index is 0.00000120. The van der Waals surface area contributed by atoms with E-state index in [1.165, 1.54) is 0 Å². The van der Waals surface area contributed by atoms with Crippen molar-refractivity contribution in [2.75, 3.05) is 26.2 Å². The number of hydrogen-bond acceptors (Lipinski definition) is 2. The molecule has 0 aliphatic carbocycles. The molecular formula is C14H20ClFN2. The van der Waals surface area contributed by atoms with Crippen molar-refractivity contribution in [1.82, 2.24) is 10.2 Å². The van der Waals surface area contributed by atoms with Crippen LogP contribution in [0.5, 0.6) is 0 Å². The summed E-state index contributed by atoms with van der Waals surface area (Å²) in [5, 5.41) is 3.43. The third-order valence-corrected chi connectivity index (χ3v) is 4.32. The highest BCUT2D eigenvalue weighted by atomic mass is 35.5. The predicted octanol–water partition coefficient (Wildman–Crippen LogP) is 2.46. The Morgan fingerprint density at radius 2 is 1.83 bits per heavy atom. The fourth-order valence-electron chi connectivity index (χ4n) is 3.22. The van der Waals surface area contributed by atoms with Gasteiger partial charge in [0.1, 0.15) is 5.82 Å². The highest BCUT2D eigenvalue weighted by molar-refractivity contribution is 5.85. The zero-order chi connectivity index (χ0) is 11.8. The van der Waals surface area contributed by atoms with Gasteiger partial charge in [0, 0.05) is 24.7 Å². The summed E-state index contributed by atoms with van der Waals surface area (Å²) >= 11 is 0. The average Bonchev–Trinajstić information content (AvgIpc) is 2.88. The lowest BCUT2D eigenvalue weighted by molar-refractivity contribution is 0.239. The standard InChI is InChI=1S/C14H19FN2.ClH/c1-10(13-4-2-3-5-14(13)15)17-8-11-6-16-7-12(11)9-17;/h2-5,10-12,16H,6-9H2,1H3;1H/t10?,11-,12+;. The Bertz CT molecular complexity index is 401. The molecule has 4 heteroatoms. The Morgan fingerprint density at radius 3 is 2.44 bits per heavy atom. The van der Waals surface area contributed by atoms with Gasteiger partial charge in [0.15, 0.2) is 0 Å². The topological polar surface area (TPSA) is 15.3 Å². The average molecular weight is 271 g/mol. The van der Waals surface area contributed by atoms with Crippen molar-refractivity contribution in [3.05, 3.63) is 35.6 Å². The number of fused-ring (bicyclic) bond motifs is 1. The SMILES string of the molecule is CC(c1ccccc1F)N1C[C@H]2CNC[C@H]2C1.Cl. The second-order valence-corrected chi connectivity index (χ2v) is 5.33. The molecule has 2 saturated heterocycles. The van der Waals surface area contributed by atoms with E-state index >= 15 is 0 Å². The zero-order valence-electron chi connectivity index (χ0n) is 10.6. The molecule has 0 amide bonds. The lowest BCUT2D eigenvalue weighted by Gasteiger charge is -2.25. The van der Waals surface area contributed by atoms with Crippen molar-refractivity contribution >= 4 is 12.4 Å². The highest BCUT2D eigenvalue weighted by Gasteiger charge is 2.38. The smallest absolute Gasteiger partial charge is 0.127 e. The van der Waals surface area contributed by atoms with Gasteiger partial charge in [0.2, 0.25) is 0 Å². The molecule has 2 fully saturated rings. The molecule has 3 rings (SSSR count). The van der Waals surface area contributed by atoms with Crippen molar-refractivity contribution in [2.24, 2.45) is 11.8 Å². The second-order valence-electron chi connectivity index (χ2n) is 5.33. The number of nitrogens with one attached hydrogen (secondary N) is 1. The molecule has 100 valence electrons. The highest BCUT2D eigenvalue weighted by Crippen LogP contribution is 2.33. The number of halogens is 2. The van der Waals surface area contributed by atoms with Crippen LogP contribution in [0.4, 0.5) is 4.39 Å². The maximum absolute atomic E-state index is 13.7. The predicted molar refractivity (Wildman–Crippen MR) is 73.5 cm³/mol. The number of likely N-dealkylation sites (tertiary alicyclic amines) is 1. The van der Waals surface area contributed by atoms with Gasteiger partial charge in [-0.05, 0) is 37.9 Å². The molecule has 2 heterocycles. The second kappa shape index (κ2) is 5.55. The summed E-state index contributed by atoms with van der Waals surface area (Å²) in [5.41, 5.74) is 0.834. The monoisotopic (exact) mass is 270 g/mol. The molecule has 2 aliphatic rings. The van der Waals surface area contributed by atoms with E-state index in [0.717, 1.165) is 43.6 Å². The summed E-state index contributed by atoms with van der Waals surface area (Å²) in [7, 11) is 0. The van der Waals surface area contributed by atoms with Crippen LogP contribution in [-0.2, 0) is 0 Å². The van der Waals surface area contributed by atoms with E-state index in [1.54, 1.807) is 12.1 Å². The fraction of sp³-hybridized carbons (Fsp3) is 0.571. The molecule has 1 unspecified atom stereocenters. The maximum atomic E-state index is 13.7. The Hall–Kier alpha value is -0.640. The minimum absolute atomic E-state index is 0. The van der Waals surface area contributed by atoms with Crippen LogP contribution in [0.25, 0.3) is 0 Å². The van der Waals surface area contributed by atoms with Crippen molar-refractivity contribution in [2.45, 2.75) is 13.0 Å². The van der Waals surface area contributed by atoms with Gasteiger partial charge in [0.05, 0.1) is 0 Å². The van der Waals surface area contributed by atoms with Crippen LogP contribution in [0, 0.1) is 17.7 Å². The van der Waals surface area contributed by atoms with Gasteiger partial charge >= 0.3 is 0 Å². The Morgan fingerprint density at radius 1 is 1.22 bits per heavy atom. The number of nitrogens with zero attached hydrogens (tertiary/aromatic N) is 1. The molecule has 0 bridgehead atoms. The first-order valence-corrected chi connectivity index (χ1v) is 6.45. The minimum atomic E-state index is -0.0739. The van der Waals surface area contributed by atoms with Crippen LogP contribution in [0.2, 0.25) is 0 Å². The van der Waals surface area contributed by atoms with Crippen molar-refractivity contribution in [3.8, 4) is 0 Å². The third kappa shape index (κ3) is 2.40. The van der Waals surface area contributed by atoms with Crippen molar-refractivity contribution in [3.63, 3.8) is 0 Å². The molecule has 18 heavy (non-hydrogen) atoms. The van der Waals surface area contributed by atoms with Gasteiger partial charge in [-0.3, -0.25) is 4.90 Å². The molecule has 3 atom stereocenters. The summed E-state index contributed by atoms with van der Waals surface area (Å²) in [5.74, 6) is 1.46. The Kier molecular flexibility index (Phi) is 4.25. The van der Waals surface area contributed by atoms with E-state index in [9.17, 15) is 4.39 Å².